The van der Waals surface area contributed by atoms with Gasteiger partial charge in [-0.15, -0.1) is 0 Å². The second-order valence-electron chi connectivity index (χ2n) is 3.69. The molecule has 0 saturated heterocycles. The molecule has 0 amide bonds. The number of esters is 1. The highest BCUT2D eigenvalue weighted by molar-refractivity contribution is 5.88. The number of carbonyl (C=O) groups excluding carboxylic acids is 1. The summed E-state index contributed by atoms with van der Waals surface area (Å²) in [6.45, 7) is 7.40. The largest absolute Gasteiger partial charge is 0.463 e. The highest BCUT2D eigenvalue weighted by Gasteiger charge is 2.26. The Balaban J connectivity index is 2.61. The van der Waals surface area contributed by atoms with E-state index in [1.807, 2.05) is 0 Å². The van der Waals surface area contributed by atoms with E-state index in [1.165, 1.54) is 6.26 Å². The Hall–Kier alpha value is -1.45. The summed E-state index contributed by atoms with van der Waals surface area (Å²) in [5.41, 5.74) is 0.490. The van der Waals surface area contributed by atoms with E-state index in [2.05, 4.69) is 0 Å². The van der Waals surface area contributed by atoms with Gasteiger partial charge in [-0.3, -0.25) is 0 Å². The first-order valence-electron chi connectivity index (χ1n) is 4.87. The Morgan fingerprint density at radius 3 is 2.73 bits per heavy atom. The van der Waals surface area contributed by atoms with Crippen LogP contribution in [0.15, 0.2) is 23.7 Å². The molecule has 4 heteroatoms. The van der Waals surface area contributed by atoms with Crippen LogP contribution in [0.2, 0.25) is 0 Å². The van der Waals surface area contributed by atoms with E-state index in [9.17, 15) is 4.79 Å². The van der Waals surface area contributed by atoms with Crippen molar-refractivity contribution < 1.29 is 19.0 Å². The van der Waals surface area contributed by atoms with Crippen LogP contribution >= 0.6 is 0 Å². The van der Waals surface area contributed by atoms with Gasteiger partial charge in [-0.2, -0.15) is 0 Å². The number of hydrogen-bond donors (Lipinski definition) is 0. The van der Waals surface area contributed by atoms with Crippen LogP contribution in [0.5, 0.6) is 0 Å². The van der Waals surface area contributed by atoms with Crippen molar-refractivity contribution in [1.82, 2.24) is 0 Å². The normalized spacial score (nSPS) is 18.9. The SMILES string of the molecule is CCOC(=O)/C(C)=C/C1=COC(C)(C)O1. The van der Waals surface area contributed by atoms with E-state index in [0.29, 0.717) is 17.9 Å². The fraction of sp³-hybridized carbons (Fsp3) is 0.545. The molecule has 1 heterocycles. The molecule has 0 bridgehead atoms. The van der Waals surface area contributed by atoms with E-state index in [1.54, 1.807) is 33.8 Å². The number of allylic oxidation sites excluding steroid dienone is 1. The lowest BCUT2D eigenvalue weighted by atomic mass is 10.2. The van der Waals surface area contributed by atoms with Gasteiger partial charge >= 0.3 is 5.97 Å². The van der Waals surface area contributed by atoms with E-state index in [0.717, 1.165) is 0 Å². The van der Waals surface area contributed by atoms with Gasteiger partial charge in [0.2, 0.25) is 5.79 Å². The maximum Gasteiger partial charge on any atom is 0.333 e. The lowest BCUT2D eigenvalue weighted by Crippen LogP contribution is -2.20. The van der Waals surface area contributed by atoms with Crippen molar-refractivity contribution in [3.63, 3.8) is 0 Å². The highest BCUT2D eigenvalue weighted by Crippen LogP contribution is 2.25. The summed E-state index contributed by atoms with van der Waals surface area (Å²) in [7, 11) is 0. The third kappa shape index (κ3) is 3.31. The Bertz CT molecular complexity index is 313. The first-order valence-corrected chi connectivity index (χ1v) is 4.87. The summed E-state index contributed by atoms with van der Waals surface area (Å²) in [5.74, 6) is -0.460. The molecule has 0 N–H and O–H groups in total. The van der Waals surface area contributed by atoms with Crippen molar-refractivity contribution in [2.24, 2.45) is 0 Å². The minimum atomic E-state index is -0.652. The summed E-state index contributed by atoms with van der Waals surface area (Å²) in [5, 5.41) is 0. The molecule has 1 aliphatic rings. The van der Waals surface area contributed by atoms with Gasteiger partial charge in [0, 0.05) is 19.4 Å². The van der Waals surface area contributed by atoms with Gasteiger partial charge < -0.3 is 14.2 Å². The standard InChI is InChI=1S/C11H16O4/c1-5-13-10(12)8(2)6-9-7-14-11(3,4)15-9/h6-7H,5H2,1-4H3/b8-6+. The van der Waals surface area contributed by atoms with Crippen LogP contribution in [-0.4, -0.2) is 18.4 Å². The van der Waals surface area contributed by atoms with Gasteiger partial charge in [-0.05, 0) is 19.9 Å². The smallest absolute Gasteiger partial charge is 0.333 e. The monoisotopic (exact) mass is 212 g/mol. The van der Waals surface area contributed by atoms with Gasteiger partial charge in [-0.1, -0.05) is 0 Å². The molecule has 15 heavy (non-hydrogen) atoms. The number of hydrogen-bond acceptors (Lipinski definition) is 4. The number of rotatable bonds is 3. The van der Waals surface area contributed by atoms with Crippen molar-refractivity contribution in [1.29, 1.82) is 0 Å². The summed E-state index contributed by atoms with van der Waals surface area (Å²) in [4.78, 5) is 11.3. The van der Waals surface area contributed by atoms with Crippen LogP contribution in [0.3, 0.4) is 0 Å². The zero-order valence-corrected chi connectivity index (χ0v) is 9.49. The zero-order valence-electron chi connectivity index (χ0n) is 9.49. The molecule has 0 atom stereocenters. The van der Waals surface area contributed by atoms with Crippen molar-refractivity contribution in [3.05, 3.63) is 23.7 Å². The maximum atomic E-state index is 11.3. The van der Waals surface area contributed by atoms with Crippen LogP contribution in [0, 0.1) is 0 Å². The van der Waals surface area contributed by atoms with E-state index >= 15 is 0 Å². The minimum Gasteiger partial charge on any atom is -0.463 e. The van der Waals surface area contributed by atoms with Crippen LogP contribution in [0.1, 0.15) is 27.7 Å². The van der Waals surface area contributed by atoms with Crippen molar-refractivity contribution in [2.45, 2.75) is 33.5 Å². The molecule has 0 aromatic carbocycles. The number of carbonyl (C=O) groups is 1. The maximum absolute atomic E-state index is 11.3. The van der Waals surface area contributed by atoms with Crippen molar-refractivity contribution in [3.8, 4) is 0 Å². The zero-order chi connectivity index (χ0) is 11.5. The Morgan fingerprint density at radius 1 is 1.60 bits per heavy atom. The Labute approximate surface area is 89.5 Å². The first kappa shape index (κ1) is 11.6. The molecule has 0 unspecified atom stereocenters. The molecule has 1 aliphatic heterocycles. The summed E-state index contributed by atoms with van der Waals surface area (Å²) in [6, 6.07) is 0. The topological polar surface area (TPSA) is 44.8 Å². The van der Waals surface area contributed by atoms with Gasteiger partial charge in [0.1, 0.15) is 6.26 Å². The van der Waals surface area contributed by atoms with E-state index in [-0.39, 0.29) is 5.97 Å². The fourth-order valence-corrected chi connectivity index (χ4v) is 1.11. The first-order chi connectivity index (χ1) is 6.94. The van der Waals surface area contributed by atoms with E-state index in [4.69, 9.17) is 14.2 Å². The predicted molar refractivity (Wildman–Crippen MR) is 54.7 cm³/mol. The van der Waals surface area contributed by atoms with E-state index < -0.39 is 5.79 Å². The lowest BCUT2D eigenvalue weighted by Gasteiger charge is -2.17. The van der Waals surface area contributed by atoms with Gasteiger partial charge in [0.25, 0.3) is 0 Å². The predicted octanol–water partition coefficient (Wildman–Crippen LogP) is 2.12. The molecular weight excluding hydrogens is 196 g/mol. The molecular formula is C11H16O4. The summed E-state index contributed by atoms with van der Waals surface area (Å²) < 4.78 is 15.5. The molecule has 0 aromatic heterocycles. The van der Waals surface area contributed by atoms with Crippen LogP contribution in [0.25, 0.3) is 0 Å². The van der Waals surface area contributed by atoms with Crippen LogP contribution in [0.4, 0.5) is 0 Å². The van der Waals surface area contributed by atoms with Gasteiger partial charge in [0.15, 0.2) is 5.76 Å². The summed E-state index contributed by atoms with van der Waals surface area (Å²) >= 11 is 0. The molecule has 0 fully saturated rings. The molecule has 84 valence electrons. The molecule has 0 aromatic rings. The van der Waals surface area contributed by atoms with Crippen LogP contribution < -0.4 is 0 Å². The van der Waals surface area contributed by atoms with Gasteiger partial charge in [0.05, 0.1) is 6.61 Å². The van der Waals surface area contributed by atoms with Crippen molar-refractivity contribution in [2.75, 3.05) is 6.61 Å². The molecule has 4 nitrogen and oxygen atoms in total. The Morgan fingerprint density at radius 2 is 2.27 bits per heavy atom. The average molecular weight is 212 g/mol. The Kier molecular flexibility index (Phi) is 3.39. The quantitative estimate of drug-likeness (QED) is 0.531. The molecule has 0 radical (unpaired) electrons. The van der Waals surface area contributed by atoms with Crippen LogP contribution in [-0.2, 0) is 19.0 Å². The average Bonchev–Trinajstić information content (AvgIpc) is 2.46. The highest BCUT2D eigenvalue weighted by atomic mass is 16.7. The van der Waals surface area contributed by atoms with Crippen molar-refractivity contribution >= 4 is 5.97 Å². The molecule has 1 rings (SSSR count). The lowest BCUT2D eigenvalue weighted by molar-refractivity contribution is -0.138. The van der Waals surface area contributed by atoms with Gasteiger partial charge in [-0.25, -0.2) is 4.79 Å². The summed E-state index contributed by atoms with van der Waals surface area (Å²) in [6.07, 6.45) is 3.09. The third-order valence-corrected chi connectivity index (χ3v) is 1.78. The molecule has 0 saturated carbocycles. The minimum absolute atomic E-state index is 0.341. The third-order valence-electron chi connectivity index (χ3n) is 1.78. The second-order valence-corrected chi connectivity index (χ2v) is 3.69. The fourth-order valence-electron chi connectivity index (χ4n) is 1.11. The number of ether oxygens (including phenoxy) is 3. The molecule has 0 aliphatic carbocycles. The second kappa shape index (κ2) is 4.38. The molecule has 0 spiro atoms.